The first kappa shape index (κ1) is 14.5. The molecule has 4 nitrogen and oxygen atoms in total. The van der Waals surface area contributed by atoms with E-state index in [1.165, 1.54) is 0 Å². The number of hydrogen-bond acceptors (Lipinski definition) is 4. The van der Waals surface area contributed by atoms with Crippen molar-refractivity contribution in [2.75, 3.05) is 13.9 Å². The Hall–Kier alpha value is -0.910. The molecule has 0 heterocycles. The van der Waals surface area contributed by atoms with Crippen molar-refractivity contribution >= 4 is 21.7 Å². The van der Waals surface area contributed by atoms with Gasteiger partial charge in [-0.15, -0.1) is 0 Å². The Bertz CT molecular complexity index is 473. The smallest absolute Gasteiger partial charge is 0.191 e. The topological polar surface area (TPSA) is 44.8 Å². The van der Waals surface area contributed by atoms with Crippen LogP contribution in [0.2, 0.25) is 0 Å². The summed E-state index contributed by atoms with van der Waals surface area (Å²) in [5, 5.41) is 0. The van der Waals surface area contributed by atoms with E-state index >= 15 is 0 Å². The molecule has 5 heteroatoms. The molecule has 0 amide bonds. The van der Waals surface area contributed by atoms with Crippen LogP contribution >= 0.6 is 15.9 Å². The molecule has 104 valence electrons. The number of hydrogen-bond donors (Lipinski definition) is 0. The van der Waals surface area contributed by atoms with Crippen molar-refractivity contribution in [3.05, 3.63) is 27.7 Å². The highest BCUT2D eigenvalue weighted by molar-refractivity contribution is 9.10. The summed E-state index contributed by atoms with van der Waals surface area (Å²) >= 11 is 3.51. The summed E-state index contributed by atoms with van der Waals surface area (Å²) in [5.74, 6) is 0.898. The van der Waals surface area contributed by atoms with Crippen molar-refractivity contribution in [2.45, 2.75) is 32.5 Å². The van der Waals surface area contributed by atoms with Gasteiger partial charge in [-0.2, -0.15) is 0 Å². The second-order valence-electron chi connectivity index (χ2n) is 4.41. The molecule has 1 atom stereocenters. The maximum Gasteiger partial charge on any atom is 0.191 e. The summed E-state index contributed by atoms with van der Waals surface area (Å²) in [6, 6.07) is 3.63. The number of carbonyl (C=O) groups excluding carboxylic acids is 1. The molecule has 1 aromatic carbocycles. The fourth-order valence-electron chi connectivity index (χ4n) is 2.04. The van der Waals surface area contributed by atoms with Crippen LogP contribution in [0.3, 0.4) is 0 Å². The minimum atomic E-state index is -0.307. The van der Waals surface area contributed by atoms with Crippen LogP contribution in [0.25, 0.3) is 0 Å². The maximum atomic E-state index is 11.8. The number of carbonyl (C=O) groups is 1. The predicted molar refractivity (Wildman–Crippen MR) is 74.5 cm³/mol. The van der Waals surface area contributed by atoms with E-state index in [2.05, 4.69) is 15.9 Å². The summed E-state index contributed by atoms with van der Waals surface area (Å²) in [7, 11) is 1.57. The molecule has 0 N–H and O–H groups in total. The van der Waals surface area contributed by atoms with E-state index in [0.29, 0.717) is 12.2 Å². The van der Waals surface area contributed by atoms with Gasteiger partial charge in [-0.3, -0.25) is 4.79 Å². The van der Waals surface area contributed by atoms with E-state index in [9.17, 15) is 4.79 Å². The molecule has 0 radical (unpaired) electrons. The Morgan fingerprint density at radius 1 is 1.37 bits per heavy atom. The number of rotatable bonds is 5. The summed E-state index contributed by atoms with van der Waals surface area (Å²) < 4.78 is 16.7. The number of methoxy groups -OCH3 is 1. The van der Waals surface area contributed by atoms with Crippen molar-refractivity contribution in [1.82, 2.24) is 0 Å². The summed E-state index contributed by atoms with van der Waals surface area (Å²) in [4.78, 5) is 11.8. The molecule has 1 unspecified atom stereocenters. The highest BCUT2D eigenvalue weighted by atomic mass is 79.9. The van der Waals surface area contributed by atoms with Crippen LogP contribution in [0, 0.1) is 0 Å². The van der Waals surface area contributed by atoms with Crippen molar-refractivity contribution < 1.29 is 19.0 Å². The van der Waals surface area contributed by atoms with E-state index in [1.807, 2.05) is 6.07 Å². The predicted octanol–water partition coefficient (Wildman–Crippen LogP) is 3.31. The van der Waals surface area contributed by atoms with Crippen molar-refractivity contribution in [2.24, 2.45) is 0 Å². The second-order valence-corrected chi connectivity index (χ2v) is 5.21. The largest absolute Gasteiger partial charge is 0.466 e. The van der Waals surface area contributed by atoms with Crippen LogP contribution in [0.1, 0.15) is 35.7 Å². The van der Waals surface area contributed by atoms with E-state index in [0.717, 1.165) is 28.4 Å². The van der Waals surface area contributed by atoms with Gasteiger partial charge in [-0.1, -0.05) is 0 Å². The standard InChI is InChI=1S/C14H17BrO4/c1-9(17-2)18-8-19-13-7-6-10-11(14(13)15)4-3-5-12(10)16/h6-7,9H,3-5,8H2,1-2H3. The molecule has 0 spiro atoms. The van der Waals surface area contributed by atoms with Crippen molar-refractivity contribution in [3.8, 4) is 5.75 Å². The van der Waals surface area contributed by atoms with Gasteiger partial charge in [0.05, 0.1) is 4.47 Å². The molecule has 19 heavy (non-hydrogen) atoms. The first-order chi connectivity index (χ1) is 9.13. The molecule has 1 aliphatic carbocycles. The zero-order chi connectivity index (χ0) is 13.8. The normalized spacial score (nSPS) is 16.1. The molecular formula is C14H17BrO4. The van der Waals surface area contributed by atoms with Gasteiger partial charge in [0.2, 0.25) is 0 Å². The lowest BCUT2D eigenvalue weighted by atomic mass is 9.90. The van der Waals surface area contributed by atoms with Crippen LogP contribution in [-0.4, -0.2) is 26.0 Å². The minimum absolute atomic E-state index is 0.111. The van der Waals surface area contributed by atoms with E-state index in [4.69, 9.17) is 14.2 Å². The summed E-state index contributed by atoms with van der Waals surface area (Å²) in [6.07, 6.45) is 2.12. The van der Waals surface area contributed by atoms with Gasteiger partial charge < -0.3 is 14.2 Å². The lowest BCUT2D eigenvalue weighted by Gasteiger charge is -2.19. The molecule has 0 aromatic heterocycles. The third-order valence-electron chi connectivity index (χ3n) is 3.19. The average molecular weight is 329 g/mol. The van der Waals surface area contributed by atoms with Crippen LogP contribution in [0.15, 0.2) is 16.6 Å². The Labute approximate surface area is 121 Å². The first-order valence-electron chi connectivity index (χ1n) is 6.25. The van der Waals surface area contributed by atoms with Crippen LogP contribution in [0.5, 0.6) is 5.75 Å². The number of ketones is 1. The molecule has 0 aliphatic heterocycles. The first-order valence-corrected chi connectivity index (χ1v) is 7.04. The number of Topliss-reactive ketones (excluding diaryl/α,β-unsaturated/α-hetero) is 1. The Balaban J connectivity index is 2.08. The molecule has 0 saturated carbocycles. The second kappa shape index (κ2) is 6.50. The van der Waals surface area contributed by atoms with Crippen LogP contribution in [-0.2, 0) is 15.9 Å². The number of fused-ring (bicyclic) bond motifs is 1. The molecule has 0 bridgehead atoms. The van der Waals surface area contributed by atoms with Gasteiger partial charge in [0, 0.05) is 19.1 Å². The van der Waals surface area contributed by atoms with Gasteiger partial charge >= 0.3 is 0 Å². The quantitative estimate of drug-likeness (QED) is 0.778. The monoisotopic (exact) mass is 328 g/mol. The molecule has 1 aromatic rings. The number of halogens is 1. The van der Waals surface area contributed by atoms with E-state index < -0.39 is 0 Å². The average Bonchev–Trinajstić information content (AvgIpc) is 2.42. The lowest BCUT2D eigenvalue weighted by molar-refractivity contribution is -0.149. The van der Waals surface area contributed by atoms with E-state index in [1.54, 1.807) is 20.1 Å². The van der Waals surface area contributed by atoms with E-state index in [-0.39, 0.29) is 18.9 Å². The van der Waals surface area contributed by atoms with Crippen LogP contribution in [0.4, 0.5) is 0 Å². The zero-order valence-electron chi connectivity index (χ0n) is 11.1. The van der Waals surface area contributed by atoms with Gasteiger partial charge in [0.1, 0.15) is 5.75 Å². The fraction of sp³-hybridized carbons (Fsp3) is 0.500. The molecule has 0 fully saturated rings. The summed E-state index contributed by atoms with van der Waals surface area (Å²) in [6.45, 7) is 1.91. The Morgan fingerprint density at radius 2 is 2.16 bits per heavy atom. The minimum Gasteiger partial charge on any atom is -0.466 e. The Kier molecular flexibility index (Phi) is 4.96. The van der Waals surface area contributed by atoms with Crippen LogP contribution < -0.4 is 4.74 Å². The third kappa shape index (κ3) is 3.35. The van der Waals surface area contributed by atoms with Crippen molar-refractivity contribution in [3.63, 3.8) is 0 Å². The highest BCUT2D eigenvalue weighted by Gasteiger charge is 2.21. The Morgan fingerprint density at radius 3 is 2.89 bits per heavy atom. The summed E-state index contributed by atoms with van der Waals surface area (Å²) in [5.41, 5.74) is 1.84. The molecule has 1 aliphatic rings. The zero-order valence-corrected chi connectivity index (χ0v) is 12.7. The molecule has 2 rings (SSSR count). The number of benzene rings is 1. The third-order valence-corrected chi connectivity index (χ3v) is 4.06. The lowest BCUT2D eigenvalue weighted by Crippen LogP contribution is -2.15. The SMILES string of the molecule is COC(C)OCOc1ccc2c(c1Br)CCCC2=O. The van der Waals surface area contributed by atoms with Gasteiger partial charge in [-0.05, 0) is 53.4 Å². The molecule has 0 saturated heterocycles. The number of ether oxygens (including phenoxy) is 3. The van der Waals surface area contributed by atoms with Gasteiger partial charge in [0.15, 0.2) is 18.9 Å². The maximum absolute atomic E-state index is 11.8. The molecular weight excluding hydrogens is 312 g/mol. The van der Waals surface area contributed by atoms with Gasteiger partial charge in [0.25, 0.3) is 0 Å². The highest BCUT2D eigenvalue weighted by Crippen LogP contribution is 2.35. The fourth-order valence-corrected chi connectivity index (χ4v) is 2.70. The van der Waals surface area contributed by atoms with Crippen molar-refractivity contribution in [1.29, 1.82) is 0 Å². The van der Waals surface area contributed by atoms with Gasteiger partial charge in [-0.25, -0.2) is 0 Å².